The summed E-state index contributed by atoms with van der Waals surface area (Å²) in [7, 11) is 0. The summed E-state index contributed by atoms with van der Waals surface area (Å²) in [4.78, 5) is 11.2. The second kappa shape index (κ2) is 4.96. The van der Waals surface area contributed by atoms with Gasteiger partial charge in [0.2, 0.25) is 0 Å². The van der Waals surface area contributed by atoms with Crippen LogP contribution >= 0.6 is 15.3 Å². The minimum Gasteiger partial charge on any atom is -0.462 e. The Balaban J connectivity index is 4.31. The zero-order chi connectivity index (χ0) is 10.6. The summed E-state index contributed by atoms with van der Waals surface area (Å²) < 4.78 is 5.30. The van der Waals surface area contributed by atoms with Gasteiger partial charge in [-0.3, -0.25) is 0 Å². The van der Waals surface area contributed by atoms with E-state index in [0.29, 0.717) is 5.57 Å². The van der Waals surface area contributed by atoms with Crippen molar-refractivity contribution in [2.75, 3.05) is 0 Å². The van der Waals surface area contributed by atoms with Gasteiger partial charge in [-0.2, -0.15) is 0 Å². The lowest BCUT2D eigenvalue weighted by Crippen LogP contribution is -2.38. The number of ether oxygens (including phenoxy) is 1. The number of halogens is 1. The molecule has 13 heavy (non-hydrogen) atoms. The van der Waals surface area contributed by atoms with E-state index in [4.69, 9.17) is 4.74 Å². The highest BCUT2D eigenvalue weighted by atomic mass is 79.9. The number of rotatable bonds is 4. The van der Waals surface area contributed by atoms with Gasteiger partial charge in [0.1, 0.15) is 5.73 Å². The van der Waals surface area contributed by atoms with E-state index in [1.165, 1.54) is 0 Å². The third-order valence-electron chi connectivity index (χ3n) is 1.73. The minimum absolute atomic E-state index is 0.0247. The molecule has 4 heteroatoms. The van der Waals surface area contributed by atoms with Gasteiger partial charge in [0.05, 0.1) is 0 Å². The van der Waals surface area contributed by atoms with Gasteiger partial charge in [-0.1, -0.05) is 26.6 Å². The first-order valence-electron chi connectivity index (χ1n) is 4.34. The standard InChI is InChI=1S/C9H17BrO2Si/c1-6-8(13(4,5)10)12-9(11)7(2)3/h8H,2,6H2,1,3-5H3. The van der Waals surface area contributed by atoms with Gasteiger partial charge in [-0.15, -0.1) is 15.3 Å². The van der Waals surface area contributed by atoms with Crippen LogP contribution in [0, 0.1) is 0 Å². The van der Waals surface area contributed by atoms with Crippen LogP contribution in [0.2, 0.25) is 13.1 Å². The topological polar surface area (TPSA) is 26.3 Å². The average Bonchev–Trinajstić information content (AvgIpc) is 1.96. The molecule has 0 aromatic rings. The van der Waals surface area contributed by atoms with Crippen molar-refractivity contribution in [1.82, 2.24) is 0 Å². The summed E-state index contributed by atoms with van der Waals surface area (Å²) in [5.74, 6) is -0.285. The molecule has 0 aliphatic rings. The minimum atomic E-state index is -1.57. The van der Waals surface area contributed by atoms with Gasteiger partial charge >= 0.3 is 5.97 Å². The van der Waals surface area contributed by atoms with Gasteiger partial charge in [0.15, 0.2) is 6.69 Å². The van der Waals surface area contributed by atoms with Crippen LogP contribution in [0.25, 0.3) is 0 Å². The lowest BCUT2D eigenvalue weighted by molar-refractivity contribution is -0.141. The van der Waals surface area contributed by atoms with Crippen molar-refractivity contribution < 1.29 is 9.53 Å². The molecule has 76 valence electrons. The Morgan fingerprint density at radius 3 is 2.31 bits per heavy atom. The normalized spacial score (nSPS) is 13.6. The maximum Gasteiger partial charge on any atom is 0.333 e. The number of hydrogen-bond donors (Lipinski definition) is 0. The SMILES string of the molecule is C=C(C)C(=O)OC(CC)[Si](C)(C)Br. The van der Waals surface area contributed by atoms with Crippen molar-refractivity contribution >= 4 is 28.0 Å². The van der Waals surface area contributed by atoms with Crippen LogP contribution in [0.5, 0.6) is 0 Å². The molecule has 1 atom stereocenters. The summed E-state index contributed by atoms with van der Waals surface area (Å²) in [6, 6.07) is 0. The van der Waals surface area contributed by atoms with Gasteiger partial charge in [-0.05, 0) is 13.3 Å². The molecular weight excluding hydrogens is 248 g/mol. The van der Waals surface area contributed by atoms with Gasteiger partial charge in [-0.25, -0.2) is 4.79 Å². The van der Waals surface area contributed by atoms with E-state index in [1.54, 1.807) is 6.92 Å². The molecule has 0 radical (unpaired) electrons. The molecule has 0 spiro atoms. The highest BCUT2D eigenvalue weighted by Crippen LogP contribution is 2.22. The molecule has 0 bridgehead atoms. The largest absolute Gasteiger partial charge is 0.462 e. The van der Waals surface area contributed by atoms with Crippen molar-refractivity contribution in [1.29, 1.82) is 0 Å². The summed E-state index contributed by atoms with van der Waals surface area (Å²) >= 11 is 3.61. The molecule has 0 aromatic heterocycles. The lowest BCUT2D eigenvalue weighted by atomic mass is 10.4. The van der Waals surface area contributed by atoms with Crippen LogP contribution in [-0.2, 0) is 9.53 Å². The molecule has 0 aliphatic carbocycles. The Morgan fingerprint density at radius 1 is 1.62 bits per heavy atom. The van der Waals surface area contributed by atoms with Crippen LogP contribution in [0.15, 0.2) is 12.2 Å². The highest BCUT2D eigenvalue weighted by Gasteiger charge is 2.31. The maximum atomic E-state index is 11.2. The molecule has 0 rings (SSSR count). The van der Waals surface area contributed by atoms with Crippen molar-refractivity contribution in [3.8, 4) is 0 Å². The fourth-order valence-corrected chi connectivity index (χ4v) is 3.55. The Labute approximate surface area is 88.9 Å². The Morgan fingerprint density at radius 2 is 2.08 bits per heavy atom. The fraction of sp³-hybridized carbons (Fsp3) is 0.667. The van der Waals surface area contributed by atoms with Gasteiger partial charge < -0.3 is 4.74 Å². The summed E-state index contributed by atoms with van der Waals surface area (Å²) in [6.45, 7) is 9.90. The van der Waals surface area contributed by atoms with Crippen LogP contribution in [0.1, 0.15) is 20.3 Å². The molecule has 0 saturated heterocycles. The molecule has 0 saturated carbocycles. The predicted molar refractivity (Wildman–Crippen MR) is 61.4 cm³/mol. The second-order valence-corrected chi connectivity index (χ2v) is 13.6. The summed E-state index contributed by atoms with van der Waals surface area (Å²) in [5, 5.41) is 0. The third-order valence-corrected chi connectivity index (χ3v) is 5.32. The summed E-state index contributed by atoms with van der Waals surface area (Å²) in [6.07, 6.45) is 0.851. The molecule has 0 fully saturated rings. The first kappa shape index (κ1) is 12.9. The zero-order valence-corrected chi connectivity index (χ0v) is 11.3. The van der Waals surface area contributed by atoms with E-state index in [1.807, 2.05) is 6.92 Å². The van der Waals surface area contributed by atoms with Crippen LogP contribution in [0.3, 0.4) is 0 Å². The molecular formula is C9H17BrO2Si. The Bertz CT molecular complexity index is 208. The smallest absolute Gasteiger partial charge is 0.333 e. The van der Waals surface area contributed by atoms with E-state index in [-0.39, 0.29) is 11.7 Å². The number of carbonyl (C=O) groups excluding carboxylic acids is 1. The van der Waals surface area contributed by atoms with E-state index in [9.17, 15) is 4.79 Å². The zero-order valence-electron chi connectivity index (χ0n) is 8.69. The van der Waals surface area contributed by atoms with Gasteiger partial charge in [0.25, 0.3) is 0 Å². The summed E-state index contributed by atoms with van der Waals surface area (Å²) in [5.41, 5.74) is 0.487. The van der Waals surface area contributed by atoms with Crippen molar-refractivity contribution in [2.45, 2.75) is 39.1 Å². The molecule has 1 unspecified atom stereocenters. The highest BCUT2D eigenvalue weighted by molar-refractivity contribution is 9.26. The predicted octanol–water partition coefficient (Wildman–Crippen LogP) is 3.02. The number of esters is 1. The van der Waals surface area contributed by atoms with Crippen molar-refractivity contribution in [3.05, 3.63) is 12.2 Å². The van der Waals surface area contributed by atoms with Crippen LogP contribution < -0.4 is 0 Å². The second-order valence-electron chi connectivity index (χ2n) is 3.65. The number of hydrogen-bond acceptors (Lipinski definition) is 2. The van der Waals surface area contributed by atoms with E-state index < -0.39 is 6.69 Å². The van der Waals surface area contributed by atoms with Crippen LogP contribution in [0.4, 0.5) is 0 Å². The molecule has 0 amide bonds. The van der Waals surface area contributed by atoms with E-state index >= 15 is 0 Å². The monoisotopic (exact) mass is 264 g/mol. The first-order chi connectivity index (χ1) is 5.79. The molecule has 0 aromatic carbocycles. The maximum absolute atomic E-state index is 11.2. The van der Waals surface area contributed by atoms with Crippen molar-refractivity contribution in [3.63, 3.8) is 0 Å². The number of carbonyl (C=O) groups is 1. The average molecular weight is 265 g/mol. The third kappa shape index (κ3) is 4.62. The molecule has 0 heterocycles. The van der Waals surface area contributed by atoms with Gasteiger partial charge in [0, 0.05) is 5.57 Å². The Kier molecular flexibility index (Phi) is 4.92. The molecule has 2 nitrogen and oxygen atoms in total. The lowest BCUT2D eigenvalue weighted by Gasteiger charge is -2.25. The van der Waals surface area contributed by atoms with E-state index in [2.05, 4.69) is 35.0 Å². The molecule has 0 N–H and O–H groups in total. The van der Waals surface area contributed by atoms with E-state index in [0.717, 1.165) is 6.42 Å². The Hall–Kier alpha value is -0.0931. The quantitative estimate of drug-likeness (QED) is 0.338. The first-order valence-corrected chi connectivity index (χ1v) is 9.67. The van der Waals surface area contributed by atoms with Crippen LogP contribution in [-0.4, -0.2) is 18.4 Å². The fourth-order valence-electron chi connectivity index (χ4n) is 0.939. The van der Waals surface area contributed by atoms with Crippen molar-refractivity contribution in [2.24, 2.45) is 0 Å². The molecule has 0 aliphatic heterocycles.